The van der Waals surface area contributed by atoms with Gasteiger partial charge in [0.25, 0.3) is 10.0 Å². The Kier molecular flexibility index (Phi) is 6.39. The number of anilines is 1. The number of methoxy groups -OCH3 is 1. The number of carbonyl (C=O) groups is 1. The molecular formula is C18H20F2N2O5S2. The third-order valence-electron chi connectivity index (χ3n) is 4.43. The highest BCUT2D eigenvalue weighted by atomic mass is 32.2. The fraction of sp³-hybridized carbons (Fsp3) is 0.389. The first-order valence-electron chi connectivity index (χ1n) is 8.74. The first kappa shape index (κ1) is 21.5. The van der Waals surface area contributed by atoms with Crippen molar-refractivity contribution < 1.29 is 31.5 Å². The first-order valence-corrected chi connectivity index (χ1v) is 11.0. The number of carbonyl (C=O) groups excluding carboxylic acids is 1. The van der Waals surface area contributed by atoms with Crippen molar-refractivity contribution in [3.8, 4) is 11.5 Å². The smallest absolute Gasteiger partial charge is 0.387 e. The molecule has 1 amide bonds. The van der Waals surface area contributed by atoms with Crippen LogP contribution in [0.5, 0.6) is 11.5 Å². The van der Waals surface area contributed by atoms with E-state index in [9.17, 15) is 22.0 Å². The summed E-state index contributed by atoms with van der Waals surface area (Å²) in [7, 11) is -2.49. The van der Waals surface area contributed by atoms with Crippen molar-refractivity contribution in [1.29, 1.82) is 0 Å². The standard InChI is InChI=1S/C18H20F2N2O5S2/c1-11-5-8-16(28-11)29(24,25)22-9-3-4-13(22)17(23)21-12-6-7-14(26-2)15(10-12)27-18(19)20/h5-8,10,13,18H,3-4,9H2,1-2H3,(H,21,23). The summed E-state index contributed by atoms with van der Waals surface area (Å²) in [5.41, 5.74) is 0.197. The van der Waals surface area contributed by atoms with Crippen LogP contribution < -0.4 is 14.8 Å². The third-order valence-corrected chi connectivity index (χ3v) is 7.81. The van der Waals surface area contributed by atoms with Crippen molar-refractivity contribution in [3.63, 3.8) is 0 Å². The van der Waals surface area contributed by atoms with E-state index in [0.717, 1.165) is 16.2 Å². The predicted octanol–water partition coefficient (Wildman–Crippen LogP) is 3.46. The summed E-state index contributed by atoms with van der Waals surface area (Å²) in [6.07, 6.45) is 0.913. The highest BCUT2D eigenvalue weighted by Crippen LogP contribution is 2.33. The quantitative estimate of drug-likeness (QED) is 0.704. The van der Waals surface area contributed by atoms with E-state index in [1.54, 1.807) is 13.0 Å². The Bertz CT molecular complexity index is 994. The molecule has 158 valence electrons. The van der Waals surface area contributed by atoms with E-state index in [2.05, 4.69) is 10.1 Å². The van der Waals surface area contributed by atoms with Crippen LogP contribution in [0.2, 0.25) is 0 Å². The van der Waals surface area contributed by atoms with Crippen LogP contribution in [0.3, 0.4) is 0 Å². The van der Waals surface area contributed by atoms with Gasteiger partial charge in [0.05, 0.1) is 7.11 Å². The van der Waals surface area contributed by atoms with E-state index in [4.69, 9.17) is 4.74 Å². The average Bonchev–Trinajstić information content (AvgIpc) is 3.31. The van der Waals surface area contributed by atoms with Crippen molar-refractivity contribution in [3.05, 3.63) is 35.2 Å². The van der Waals surface area contributed by atoms with Gasteiger partial charge >= 0.3 is 6.61 Å². The molecule has 1 aromatic carbocycles. The van der Waals surface area contributed by atoms with Crippen molar-refractivity contribution in [2.75, 3.05) is 19.0 Å². The Hall–Kier alpha value is -2.24. The van der Waals surface area contributed by atoms with Gasteiger partial charge in [0.1, 0.15) is 10.3 Å². The number of alkyl halides is 2. The Labute approximate surface area is 171 Å². The highest BCUT2D eigenvalue weighted by molar-refractivity contribution is 7.91. The van der Waals surface area contributed by atoms with Crippen LogP contribution in [0.1, 0.15) is 17.7 Å². The van der Waals surface area contributed by atoms with Crippen LogP contribution in [0, 0.1) is 6.92 Å². The number of amides is 1. The van der Waals surface area contributed by atoms with E-state index < -0.39 is 28.6 Å². The fourth-order valence-electron chi connectivity index (χ4n) is 3.12. The Morgan fingerprint density at radius 2 is 2.03 bits per heavy atom. The van der Waals surface area contributed by atoms with Crippen LogP contribution in [0.15, 0.2) is 34.5 Å². The van der Waals surface area contributed by atoms with E-state index >= 15 is 0 Å². The largest absolute Gasteiger partial charge is 0.493 e. The number of nitrogens with zero attached hydrogens (tertiary/aromatic N) is 1. The van der Waals surface area contributed by atoms with E-state index in [1.165, 1.54) is 35.7 Å². The van der Waals surface area contributed by atoms with Crippen molar-refractivity contribution in [2.45, 2.75) is 36.6 Å². The zero-order valence-electron chi connectivity index (χ0n) is 15.7. The van der Waals surface area contributed by atoms with Gasteiger partial charge in [0, 0.05) is 23.2 Å². The summed E-state index contributed by atoms with van der Waals surface area (Å²) in [5.74, 6) is -0.681. The van der Waals surface area contributed by atoms with E-state index in [1.807, 2.05) is 0 Å². The topological polar surface area (TPSA) is 84.9 Å². The second kappa shape index (κ2) is 8.64. The minimum atomic E-state index is -3.79. The molecule has 1 atom stereocenters. The van der Waals surface area contributed by atoms with Gasteiger partial charge in [-0.3, -0.25) is 4.79 Å². The van der Waals surface area contributed by atoms with Crippen molar-refractivity contribution >= 4 is 33.0 Å². The molecule has 1 fully saturated rings. The number of halogens is 2. The van der Waals surface area contributed by atoms with Gasteiger partial charge in [-0.2, -0.15) is 13.1 Å². The van der Waals surface area contributed by atoms with Crippen LogP contribution in [-0.2, 0) is 14.8 Å². The summed E-state index contributed by atoms with van der Waals surface area (Å²) < 4.78 is 61.7. The molecule has 1 aromatic heterocycles. The molecule has 1 aliphatic rings. The monoisotopic (exact) mass is 446 g/mol. The third kappa shape index (κ3) is 4.68. The lowest BCUT2D eigenvalue weighted by Gasteiger charge is -2.23. The molecule has 0 bridgehead atoms. The maximum atomic E-state index is 12.9. The molecule has 7 nitrogen and oxygen atoms in total. The molecule has 0 radical (unpaired) electrons. The van der Waals surface area contributed by atoms with Gasteiger partial charge in [0.2, 0.25) is 5.91 Å². The number of hydrogen-bond acceptors (Lipinski definition) is 6. The zero-order valence-corrected chi connectivity index (χ0v) is 17.4. The molecule has 1 saturated heterocycles. The second-order valence-corrected chi connectivity index (χ2v) is 9.78. The van der Waals surface area contributed by atoms with Gasteiger partial charge in [-0.1, -0.05) is 0 Å². The van der Waals surface area contributed by atoms with Crippen LogP contribution in [-0.4, -0.2) is 44.9 Å². The number of thiophene rings is 1. The Morgan fingerprint density at radius 1 is 1.28 bits per heavy atom. The van der Waals surface area contributed by atoms with Crippen molar-refractivity contribution in [1.82, 2.24) is 4.31 Å². The molecule has 3 rings (SSSR count). The van der Waals surface area contributed by atoms with Gasteiger partial charge in [0.15, 0.2) is 11.5 Å². The van der Waals surface area contributed by atoms with Crippen LogP contribution >= 0.6 is 11.3 Å². The summed E-state index contributed by atoms with van der Waals surface area (Å²) in [5, 5.41) is 2.59. The SMILES string of the molecule is COc1ccc(NC(=O)C2CCCN2S(=O)(=O)c2ccc(C)s2)cc1OC(F)F. The molecule has 2 aromatic rings. The number of aryl methyl sites for hydroxylation is 1. The molecule has 1 aliphatic heterocycles. The van der Waals surface area contributed by atoms with Gasteiger partial charge in [-0.05, 0) is 44.0 Å². The zero-order chi connectivity index (χ0) is 21.2. The van der Waals surface area contributed by atoms with E-state index in [-0.39, 0.29) is 27.9 Å². The van der Waals surface area contributed by atoms with Gasteiger partial charge in [-0.25, -0.2) is 8.42 Å². The lowest BCUT2D eigenvalue weighted by Crippen LogP contribution is -2.42. The van der Waals surface area contributed by atoms with Gasteiger partial charge in [-0.15, -0.1) is 11.3 Å². The Balaban J connectivity index is 1.79. The molecule has 11 heteroatoms. The second-order valence-electron chi connectivity index (χ2n) is 6.37. The average molecular weight is 446 g/mol. The van der Waals surface area contributed by atoms with Crippen LogP contribution in [0.4, 0.5) is 14.5 Å². The predicted molar refractivity (Wildman–Crippen MR) is 104 cm³/mol. The number of sulfonamides is 1. The van der Waals surface area contributed by atoms with Crippen molar-refractivity contribution in [2.24, 2.45) is 0 Å². The number of rotatable bonds is 7. The molecule has 29 heavy (non-hydrogen) atoms. The minimum Gasteiger partial charge on any atom is -0.493 e. The highest BCUT2D eigenvalue weighted by Gasteiger charge is 2.40. The number of hydrogen-bond donors (Lipinski definition) is 1. The fourth-order valence-corrected chi connectivity index (χ4v) is 6.19. The lowest BCUT2D eigenvalue weighted by molar-refractivity contribution is -0.119. The first-order chi connectivity index (χ1) is 13.7. The normalized spacial score (nSPS) is 17.5. The minimum absolute atomic E-state index is 0.0847. The number of ether oxygens (including phenoxy) is 2. The molecule has 0 aliphatic carbocycles. The molecule has 0 spiro atoms. The van der Waals surface area contributed by atoms with Crippen LogP contribution in [0.25, 0.3) is 0 Å². The lowest BCUT2D eigenvalue weighted by atomic mass is 10.2. The summed E-state index contributed by atoms with van der Waals surface area (Å²) >= 11 is 1.15. The van der Waals surface area contributed by atoms with E-state index in [0.29, 0.717) is 12.8 Å². The molecule has 2 heterocycles. The molecule has 1 N–H and O–H groups in total. The Morgan fingerprint density at radius 3 is 2.66 bits per heavy atom. The molecule has 1 unspecified atom stereocenters. The molecular weight excluding hydrogens is 426 g/mol. The maximum Gasteiger partial charge on any atom is 0.387 e. The summed E-state index contributed by atoms with van der Waals surface area (Å²) in [6, 6.07) is 6.41. The summed E-state index contributed by atoms with van der Waals surface area (Å²) in [6.45, 7) is -1.01. The maximum absolute atomic E-state index is 12.9. The summed E-state index contributed by atoms with van der Waals surface area (Å²) in [4.78, 5) is 13.6. The number of benzene rings is 1. The number of nitrogens with one attached hydrogen (secondary N) is 1. The molecule has 0 saturated carbocycles. The van der Waals surface area contributed by atoms with Gasteiger partial charge < -0.3 is 14.8 Å².